The molecule has 21 heavy (non-hydrogen) atoms. The lowest BCUT2D eigenvalue weighted by molar-refractivity contribution is -0.122. The molecule has 0 radical (unpaired) electrons. The van der Waals surface area contributed by atoms with Gasteiger partial charge in [-0.15, -0.1) is 0 Å². The van der Waals surface area contributed by atoms with E-state index in [9.17, 15) is 4.79 Å². The second-order valence-corrected chi connectivity index (χ2v) is 5.80. The number of nitrogens with zero attached hydrogens (tertiary/aromatic N) is 1. The lowest BCUT2D eigenvalue weighted by Crippen LogP contribution is -3.00. The molecule has 1 aromatic rings. The van der Waals surface area contributed by atoms with E-state index in [1.54, 1.807) is 0 Å². The molecule has 1 atom stereocenters. The number of aryl methyl sites for hydroxylation is 2. The van der Waals surface area contributed by atoms with Crippen molar-refractivity contribution in [1.82, 2.24) is 4.90 Å². The van der Waals surface area contributed by atoms with Crippen LogP contribution in [0.3, 0.4) is 0 Å². The van der Waals surface area contributed by atoms with E-state index < -0.39 is 0 Å². The van der Waals surface area contributed by atoms with Crippen LogP contribution in [-0.2, 0) is 4.79 Å². The van der Waals surface area contributed by atoms with Gasteiger partial charge in [-0.05, 0) is 57.3 Å². The van der Waals surface area contributed by atoms with Gasteiger partial charge in [0.15, 0.2) is 0 Å². The highest BCUT2D eigenvalue weighted by atomic mass is 35.5. The van der Waals surface area contributed by atoms with Gasteiger partial charge in [0.25, 0.3) is 0 Å². The molecule has 0 aliphatic carbocycles. The first-order valence-corrected chi connectivity index (χ1v) is 7.74. The summed E-state index contributed by atoms with van der Waals surface area (Å²) in [7, 11) is 0. The summed E-state index contributed by atoms with van der Waals surface area (Å²) in [4.78, 5) is 14.9. The van der Waals surface area contributed by atoms with Gasteiger partial charge in [-0.3, -0.25) is 9.69 Å². The summed E-state index contributed by atoms with van der Waals surface area (Å²) in [5.41, 5.74) is 3.26. The van der Waals surface area contributed by atoms with Crippen molar-refractivity contribution in [2.75, 3.05) is 18.4 Å². The zero-order chi connectivity index (χ0) is 14.5. The first kappa shape index (κ1) is 18.0. The van der Waals surface area contributed by atoms with Crippen molar-refractivity contribution in [3.8, 4) is 0 Å². The molecule has 3 nitrogen and oxygen atoms in total. The summed E-state index contributed by atoms with van der Waals surface area (Å²) < 4.78 is 0. The number of piperidine rings is 1. The third kappa shape index (κ3) is 4.45. The number of carbonyl (C=O) groups excluding carboxylic acids is 1. The van der Waals surface area contributed by atoms with Gasteiger partial charge in [0, 0.05) is 5.69 Å². The third-order valence-electron chi connectivity index (χ3n) is 4.16. The first-order valence-electron chi connectivity index (χ1n) is 7.74. The van der Waals surface area contributed by atoms with Gasteiger partial charge in [0.05, 0.1) is 6.04 Å². The summed E-state index contributed by atoms with van der Waals surface area (Å²) in [6, 6.07) is 6.17. The molecule has 1 aromatic carbocycles. The Bertz CT molecular complexity index is 459. The molecule has 1 fully saturated rings. The predicted molar refractivity (Wildman–Crippen MR) is 85.2 cm³/mol. The molecule has 1 N–H and O–H groups in total. The number of benzene rings is 1. The van der Waals surface area contributed by atoms with Crippen LogP contribution in [0.1, 0.15) is 45.2 Å². The molecular weight excluding hydrogens is 284 g/mol. The van der Waals surface area contributed by atoms with Crippen molar-refractivity contribution in [2.24, 2.45) is 0 Å². The highest BCUT2D eigenvalue weighted by molar-refractivity contribution is 5.96. The summed E-state index contributed by atoms with van der Waals surface area (Å²) in [6.45, 7) is 8.35. The smallest absolute Gasteiger partial charge is 1.00 e. The molecule has 1 aliphatic heterocycles. The normalized spacial score (nSPS) is 18.9. The number of anilines is 1. The minimum atomic E-state index is 0. The molecule has 4 heteroatoms. The van der Waals surface area contributed by atoms with E-state index in [0.717, 1.165) is 49.2 Å². The fraction of sp³-hybridized carbons (Fsp3) is 0.588. The molecule has 0 aromatic heterocycles. The van der Waals surface area contributed by atoms with E-state index in [-0.39, 0.29) is 25.8 Å². The maximum atomic E-state index is 12.6. The highest BCUT2D eigenvalue weighted by Crippen LogP contribution is 2.23. The third-order valence-corrected chi connectivity index (χ3v) is 4.16. The van der Waals surface area contributed by atoms with Crippen LogP contribution in [0.4, 0.5) is 5.69 Å². The first-order chi connectivity index (χ1) is 9.63. The van der Waals surface area contributed by atoms with Crippen LogP contribution in [-0.4, -0.2) is 29.9 Å². The zero-order valence-electron chi connectivity index (χ0n) is 14.3. The van der Waals surface area contributed by atoms with Crippen LogP contribution in [0.5, 0.6) is 0 Å². The summed E-state index contributed by atoms with van der Waals surface area (Å²) in [5.74, 6) is 0.163. The quantitative estimate of drug-likeness (QED) is 0.884. The molecule has 0 saturated carbocycles. The van der Waals surface area contributed by atoms with Crippen LogP contribution in [0.2, 0.25) is 0 Å². The van der Waals surface area contributed by atoms with Crippen LogP contribution >= 0.6 is 0 Å². The molecule has 1 saturated heterocycles. The van der Waals surface area contributed by atoms with Gasteiger partial charge in [0.1, 0.15) is 0 Å². The predicted octanol–water partition coefficient (Wildman–Crippen LogP) is 0.623. The summed E-state index contributed by atoms with van der Waals surface area (Å²) in [5, 5.41) is 3.16. The van der Waals surface area contributed by atoms with E-state index in [4.69, 9.17) is 0 Å². The van der Waals surface area contributed by atoms with E-state index >= 15 is 0 Å². The Labute approximate surface area is 136 Å². The van der Waals surface area contributed by atoms with Crippen LogP contribution in [0.15, 0.2) is 18.2 Å². The minimum Gasteiger partial charge on any atom is -1.00 e. The molecule has 1 unspecified atom stereocenters. The van der Waals surface area contributed by atoms with Gasteiger partial charge in [-0.25, -0.2) is 0 Å². The van der Waals surface area contributed by atoms with Crippen molar-refractivity contribution in [1.29, 1.82) is 0 Å². The van der Waals surface area contributed by atoms with Crippen molar-refractivity contribution in [3.63, 3.8) is 0 Å². The Morgan fingerprint density at radius 2 is 2.00 bits per heavy atom. The monoisotopic (exact) mass is 310 g/mol. The molecule has 1 aliphatic rings. The van der Waals surface area contributed by atoms with E-state index in [0.29, 0.717) is 0 Å². The maximum Gasteiger partial charge on any atom is 1.00 e. The average molecular weight is 311 g/mol. The molecule has 2 rings (SSSR count). The Morgan fingerprint density at radius 3 is 2.62 bits per heavy atom. The van der Waals surface area contributed by atoms with Gasteiger partial charge in [-0.1, -0.05) is 31.5 Å². The molecular formula is C17H27ClN2O. The van der Waals surface area contributed by atoms with Crippen molar-refractivity contribution in [3.05, 3.63) is 29.3 Å². The molecule has 1 amide bonds. The summed E-state index contributed by atoms with van der Waals surface area (Å²) in [6.07, 6.45) is 4.46. The second-order valence-electron chi connectivity index (χ2n) is 5.80. The van der Waals surface area contributed by atoms with Crippen LogP contribution < -0.4 is 17.7 Å². The van der Waals surface area contributed by atoms with Gasteiger partial charge < -0.3 is 17.7 Å². The Kier molecular flexibility index (Phi) is 7.20. The minimum absolute atomic E-state index is 0. The van der Waals surface area contributed by atoms with Crippen molar-refractivity contribution < 1.29 is 18.6 Å². The number of carbonyl (C=O) groups is 1. The standard InChI is InChI=1S/C17H26N2O.ClH/c1-4-11-19-12-6-5-10-15(19)17(20)18-16-13(2)8-7-9-14(16)3;/h7-9,15H,4-6,10-12H2,1-3H3,(H,18,20);1H. The zero-order valence-corrected chi connectivity index (χ0v) is 14.0. The number of amides is 1. The van der Waals surface area contributed by atoms with Gasteiger partial charge >= 0.3 is 1.43 Å². The number of rotatable bonds is 4. The number of hydrogen-bond acceptors (Lipinski definition) is 2. The number of nitrogens with one attached hydrogen (secondary N) is 1. The Morgan fingerprint density at radius 1 is 1.33 bits per heavy atom. The van der Waals surface area contributed by atoms with Gasteiger partial charge in [-0.2, -0.15) is 0 Å². The highest BCUT2D eigenvalue weighted by Gasteiger charge is 2.28. The van der Waals surface area contributed by atoms with Crippen molar-refractivity contribution >= 4 is 11.6 Å². The number of likely N-dealkylation sites (tertiary alicyclic amines) is 1. The lowest BCUT2D eigenvalue weighted by Gasteiger charge is -2.34. The molecule has 118 valence electrons. The fourth-order valence-electron chi connectivity index (χ4n) is 3.06. The Hall–Kier alpha value is -1.06. The van der Waals surface area contributed by atoms with Crippen molar-refractivity contribution in [2.45, 2.75) is 52.5 Å². The Balaban J connectivity index is 0.00000220. The topological polar surface area (TPSA) is 32.3 Å². The second kappa shape index (κ2) is 8.40. The van der Waals surface area contributed by atoms with Crippen LogP contribution in [0, 0.1) is 13.8 Å². The molecule has 0 bridgehead atoms. The number of halogens is 1. The number of hydrogen-bond donors (Lipinski definition) is 1. The van der Waals surface area contributed by atoms with Crippen LogP contribution in [0.25, 0.3) is 0 Å². The lowest BCUT2D eigenvalue weighted by atomic mass is 10.0. The molecule has 0 spiro atoms. The van der Waals surface area contributed by atoms with E-state index in [1.807, 2.05) is 32.0 Å². The SMILES string of the molecule is CCCN1CCCCC1C(=O)Nc1c(C)cccc1C.[Cl-].[H+]. The fourth-order valence-corrected chi connectivity index (χ4v) is 3.06. The maximum absolute atomic E-state index is 12.6. The summed E-state index contributed by atoms with van der Waals surface area (Å²) >= 11 is 0. The molecule has 1 heterocycles. The average Bonchev–Trinajstić information content (AvgIpc) is 2.44. The number of para-hydroxylation sites is 1. The van der Waals surface area contributed by atoms with E-state index in [1.165, 1.54) is 6.42 Å². The van der Waals surface area contributed by atoms with Gasteiger partial charge in [0.2, 0.25) is 5.91 Å². The van der Waals surface area contributed by atoms with E-state index in [2.05, 4.69) is 17.1 Å². The largest absolute Gasteiger partial charge is 1.00 e.